The van der Waals surface area contributed by atoms with Gasteiger partial charge < -0.3 is 18.9 Å². The summed E-state index contributed by atoms with van der Waals surface area (Å²) in [7, 11) is 4.36. The molecule has 0 spiro atoms. The van der Waals surface area contributed by atoms with Gasteiger partial charge in [-0.1, -0.05) is 6.92 Å². The van der Waals surface area contributed by atoms with Crippen LogP contribution in [0.25, 0.3) is 0 Å². The van der Waals surface area contributed by atoms with Crippen molar-refractivity contribution in [1.82, 2.24) is 0 Å². The van der Waals surface area contributed by atoms with Crippen LogP contribution >= 0.6 is 0 Å². The standard InChI is InChI=1S/C11H18O5/c1-5-10(14-3)6-7-11(15-4,16-10)8-9(12)13-2/h6-7H,5,8H2,1-4H3. The molecule has 0 saturated carbocycles. The van der Waals surface area contributed by atoms with Crippen molar-refractivity contribution in [3.63, 3.8) is 0 Å². The van der Waals surface area contributed by atoms with Crippen molar-refractivity contribution in [2.24, 2.45) is 0 Å². The van der Waals surface area contributed by atoms with Crippen molar-refractivity contribution in [3.8, 4) is 0 Å². The van der Waals surface area contributed by atoms with Gasteiger partial charge in [0.05, 0.1) is 7.11 Å². The highest BCUT2D eigenvalue weighted by atomic mass is 16.8. The van der Waals surface area contributed by atoms with Crippen molar-refractivity contribution in [3.05, 3.63) is 12.2 Å². The predicted molar refractivity (Wildman–Crippen MR) is 56.6 cm³/mol. The van der Waals surface area contributed by atoms with Crippen molar-refractivity contribution < 1.29 is 23.7 Å². The molecule has 0 N–H and O–H groups in total. The van der Waals surface area contributed by atoms with Crippen LogP contribution in [0.5, 0.6) is 0 Å². The molecule has 0 bridgehead atoms. The number of carbonyl (C=O) groups is 1. The minimum Gasteiger partial charge on any atom is -0.469 e. The zero-order chi connectivity index (χ0) is 12.2. The van der Waals surface area contributed by atoms with Crippen LogP contribution in [-0.4, -0.2) is 38.9 Å². The maximum atomic E-state index is 11.3. The summed E-state index contributed by atoms with van der Waals surface area (Å²) < 4.78 is 20.8. The average Bonchev–Trinajstić information content (AvgIpc) is 2.70. The molecule has 16 heavy (non-hydrogen) atoms. The maximum Gasteiger partial charge on any atom is 0.311 e. The van der Waals surface area contributed by atoms with E-state index in [1.807, 2.05) is 6.92 Å². The largest absolute Gasteiger partial charge is 0.469 e. The van der Waals surface area contributed by atoms with Crippen LogP contribution < -0.4 is 0 Å². The first-order valence-electron chi connectivity index (χ1n) is 5.13. The molecular weight excluding hydrogens is 212 g/mol. The van der Waals surface area contributed by atoms with Gasteiger partial charge in [-0.05, 0) is 12.2 Å². The minimum atomic E-state index is -1.08. The second kappa shape index (κ2) is 4.95. The van der Waals surface area contributed by atoms with Gasteiger partial charge >= 0.3 is 5.97 Å². The number of ether oxygens (including phenoxy) is 4. The molecule has 0 amide bonds. The summed E-state index contributed by atoms with van der Waals surface area (Å²) in [5, 5.41) is 0. The zero-order valence-electron chi connectivity index (χ0n) is 10.1. The molecule has 0 aromatic carbocycles. The van der Waals surface area contributed by atoms with Gasteiger partial charge in [0.2, 0.25) is 5.79 Å². The third kappa shape index (κ3) is 2.42. The Hall–Kier alpha value is -0.910. The number of carbonyl (C=O) groups excluding carboxylic acids is 1. The lowest BCUT2D eigenvalue weighted by atomic mass is 10.2. The molecule has 0 aromatic heterocycles. The molecule has 0 fully saturated rings. The molecular formula is C11H18O5. The fourth-order valence-corrected chi connectivity index (χ4v) is 1.61. The van der Waals surface area contributed by atoms with E-state index in [2.05, 4.69) is 4.74 Å². The third-order valence-corrected chi connectivity index (χ3v) is 2.74. The van der Waals surface area contributed by atoms with E-state index >= 15 is 0 Å². The predicted octanol–water partition coefficient (Wildman–Crippen LogP) is 1.23. The summed E-state index contributed by atoms with van der Waals surface area (Å²) in [6, 6.07) is 0. The van der Waals surface area contributed by atoms with Gasteiger partial charge in [0.15, 0.2) is 5.79 Å². The number of esters is 1. The maximum absolute atomic E-state index is 11.3. The second-order valence-electron chi connectivity index (χ2n) is 3.57. The van der Waals surface area contributed by atoms with Gasteiger partial charge in [-0.2, -0.15) is 0 Å². The van der Waals surface area contributed by atoms with Crippen LogP contribution in [0, 0.1) is 0 Å². The summed E-state index contributed by atoms with van der Waals surface area (Å²) in [5.41, 5.74) is 0. The molecule has 0 radical (unpaired) electrons. The van der Waals surface area contributed by atoms with Gasteiger partial charge in [-0.25, -0.2) is 0 Å². The summed E-state index contributed by atoms with van der Waals surface area (Å²) in [6.45, 7) is 1.93. The molecule has 1 heterocycles. The molecule has 1 rings (SSSR count). The van der Waals surface area contributed by atoms with Crippen LogP contribution in [0.2, 0.25) is 0 Å². The fourth-order valence-electron chi connectivity index (χ4n) is 1.61. The van der Waals surface area contributed by atoms with Crippen LogP contribution in [0.15, 0.2) is 12.2 Å². The van der Waals surface area contributed by atoms with E-state index < -0.39 is 17.5 Å². The SMILES string of the molecule is CCC1(OC)C=CC(CC(=O)OC)(OC)O1. The average molecular weight is 230 g/mol. The van der Waals surface area contributed by atoms with Gasteiger partial charge in [-0.3, -0.25) is 4.79 Å². The van der Waals surface area contributed by atoms with Crippen LogP contribution in [0.4, 0.5) is 0 Å². The van der Waals surface area contributed by atoms with Crippen LogP contribution in [0.3, 0.4) is 0 Å². The molecule has 2 atom stereocenters. The first kappa shape index (κ1) is 13.2. The van der Waals surface area contributed by atoms with Crippen molar-refractivity contribution in [1.29, 1.82) is 0 Å². The lowest BCUT2D eigenvalue weighted by Crippen LogP contribution is -2.40. The van der Waals surface area contributed by atoms with Gasteiger partial charge in [0.1, 0.15) is 6.42 Å². The first-order valence-corrected chi connectivity index (χ1v) is 5.13. The molecule has 0 saturated heterocycles. The minimum absolute atomic E-state index is 0.00160. The van der Waals surface area contributed by atoms with E-state index in [1.165, 1.54) is 14.2 Å². The highest BCUT2D eigenvalue weighted by Gasteiger charge is 2.46. The lowest BCUT2D eigenvalue weighted by molar-refractivity contribution is -0.295. The molecule has 5 nitrogen and oxygen atoms in total. The van der Waals surface area contributed by atoms with Crippen LogP contribution in [-0.2, 0) is 23.7 Å². The highest BCUT2D eigenvalue weighted by Crippen LogP contribution is 2.37. The first-order chi connectivity index (χ1) is 7.55. The van der Waals surface area contributed by atoms with Crippen molar-refractivity contribution in [2.45, 2.75) is 31.3 Å². The summed E-state index contributed by atoms with van der Waals surface area (Å²) in [6.07, 6.45) is 4.09. The Balaban J connectivity index is 2.79. The Bertz CT molecular complexity index is 282. The molecule has 0 aromatic rings. The summed E-state index contributed by atoms with van der Waals surface area (Å²) in [5.74, 6) is -2.29. The van der Waals surface area contributed by atoms with Crippen LogP contribution in [0.1, 0.15) is 19.8 Å². The monoisotopic (exact) mass is 230 g/mol. The molecule has 5 heteroatoms. The highest BCUT2D eigenvalue weighted by molar-refractivity contribution is 5.70. The van der Waals surface area contributed by atoms with Crippen molar-refractivity contribution in [2.75, 3.05) is 21.3 Å². The molecule has 92 valence electrons. The summed E-state index contributed by atoms with van der Waals surface area (Å²) in [4.78, 5) is 11.3. The Morgan fingerprint density at radius 1 is 1.19 bits per heavy atom. The lowest BCUT2D eigenvalue weighted by Gasteiger charge is -2.32. The second-order valence-corrected chi connectivity index (χ2v) is 3.57. The van der Waals surface area contributed by atoms with E-state index in [0.717, 1.165) is 0 Å². The molecule has 1 aliphatic rings. The number of hydrogen-bond donors (Lipinski definition) is 0. The summed E-state index contributed by atoms with van der Waals surface area (Å²) >= 11 is 0. The topological polar surface area (TPSA) is 54.0 Å². The van der Waals surface area contributed by atoms with Gasteiger partial charge in [-0.15, -0.1) is 0 Å². The van der Waals surface area contributed by atoms with E-state index in [-0.39, 0.29) is 6.42 Å². The Labute approximate surface area is 95.3 Å². The Morgan fingerprint density at radius 2 is 1.75 bits per heavy atom. The fraction of sp³-hybridized carbons (Fsp3) is 0.727. The Kier molecular flexibility index (Phi) is 4.07. The van der Waals surface area contributed by atoms with Crippen molar-refractivity contribution >= 4 is 5.97 Å². The smallest absolute Gasteiger partial charge is 0.311 e. The number of rotatable bonds is 5. The quantitative estimate of drug-likeness (QED) is 0.525. The third-order valence-electron chi connectivity index (χ3n) is 2.74. The zero-order valence-corrected chi connectivity index (χ0v) is 10.1. The molecule has 2 unspecified atom stereocenters. The number of hydrogen-bond acceptors (Lipinski definition) is 5. The normalized spacial score (nSPS) is 33.0. The van der Waals surface area contributed by atoms with Gasteiger partial charge in [0.25, 0.3) is 0 Å². The van der Waals surface area contributed by atoms with Gasteiger partial charge in [0, 0.05) is 20.6 Å². The molecule has 0 aliphatic carbocycles. The Morgan fingerprint density at radius 3 is 2.12 bits per heavy atom. The molecule has 1 aliphatic heterocycles. The van der Waals surface area contributed by atoms with E-state index in [4.69, 9.17) is 14.2 Å². The van der Waals surface area contributed by atoms with E-state index in [9.17, 15) is 4.79 Å². The van der Waals surface area contributed by atoms with E-state index in [0.29, 0.717) is 6.42 Å². The number of methoxy groups -OCH3 is 3. The van der Waals surface area contributed by atoms with E-state index in [1.54, 1.807) is 19.3 Å².